The van der Waals surface area contributed by atoms with Crippen molar-refractivity contribution in [2.75, 3.05) is 13.1 Å². The average molecular weight is 314 g/mol. The van der Waals surface area contributed by atoms with Crippen molar-refractivity contribution in [3.8, 4) is 0 Å². The fourth-order valence-electron chi connectivity index (χ4n) is 2.91. The van der Waals surface area contributed by atoms with E-state index < -0.39 is 0 Å². The maximum absolute atomic E-state index is 12.2. The predicted molar refractivity (Wildman–Crippen MR) is 87.7 cm³/mol. The minimum Gasteiger partial charge on any atom is -0.345 e. The zero-order chi connectivity index (χ0) is 16.2. The van der Waals surface area contributed by atoms with Crippen LogP contribution in [0.15, 0.2) is 24.3 Å². The van der Waals surface area contributed by atoms with Crippen molar-refractivity contribution in [2.45, 2.75) is 38.6 Å². The third-order valence-electron chi connectivity index (χ3n) is 4.20. The number of fused-ring (bicyclic) bond motifs is 1. The number of aromatic nitrogens is 2. The Kier molecular flexibility index (Phi) is 4.60. The zero-order valence-corrected chi connectivity index (χ0v) is 13.3. The highest BCUT2D eigenvalue weighted by atomic mass is 16.2. The molecule has 0 aliphatic carbocycles. The second-order valence-electron chi connectivity index (χ2n) is 6.05. The van der Waals surface area contributed by atoms with Gasteiger partial charge in [0.2, 0.25) is 11.8 Å². The van der Waals surface area contributed by atoms with Crippen molar-refractivity contribution in [1.29, 1.82) is 0 Å². The Hall–Kier alpha value is -2.37. The van der Waals surface area contributed by atoms with Crippen molar-refractivity contribution >= 4 is 22.8 Å². The Labute approximate surface area is 135 Å². The van der Waals surface area contributed by atoms with Crippen molar-refractivity contribution in [1.82, 2.24) is 20.2 Å². The van der Waals surface area contributed by atoms with Crippen molar-refractivity contribution < 1.29 is 9.59 Å². The van der Waals surface area contributed by atoms with Gasteiger partial charge in [-0.2, -0.15) is 0 Å². The maximum atomic E-state index is 12.2. The van der Waals surface area contributed by atoms with Crippen LogP contribution in [0, 0.1) is 0 Å². The first-order valence-corrected chi connectivity index (χ1v) is 8.15. The maximum Gasteiger partial charge on any atom is 0.240 e. The molecule has 1 aliphatic rings. The number of benzene rings is 1. The van der Waals surface area contributed by atoms with Crippen LogP contribution in [0.1, 0.15) is 44.5 Å². The smallest absolute Gasteiger partial charge is 0.240 e. The van der Waals surface area contributed by atoms with Gasteiger partial charge < -0.3 is 15.2 Å². The molecule has 0 saturated carbocycles. The molecule has 122 valence electrons. The Balaban J connectivity index is 1.61. The minimum absolute atomic E-state index is 0.0778. The van der Waals surface area contributed by atoms with E-state index in [0.717, 1.165) is 36.1 Å². The summed E-state index contributed by atoms with van der Waals surface area (Å²) in [4.78, 5) is 33.5. The van der Waals surface area contributed by atoms with E-state index in [0.29, 0.717) is 13.0 Å². The Bertz CT molecular complexity index is 676. The third kappa shape index (κ3) is 3.70. The molecule has 0 radical (unpaired) electrons. The van der Waals surface area contributed by atoms with E-state index in [-0.39, 0.29) is 24.4 Å². The molecule has 1 aromatic heterocycles. The first-order chi connectivity index (χ1) is 11.1. The topological polar surface area (TPSA) is 78.1 Å². The van der Waals surface area contributed by atoms with E-state index in [1.54, 1.807) is 4.90 Å². The van der Waals surface area contributed by atoms with Gasteiger partial charge in [-0.05, 0) is 31.9 Å². The SMILES string of the molecule is CC(NC(=O)CN1CCCCCC1=O)c1nc2ccccc2[nH]1. The lowest BCUT2D eigenvalue weighted by molar-refractivity contribution is -0.135. The number of imidazole rings is 1. The molecule has 1 aliphatic heterocycles. The number of likely N-dealkylation sites (tertiary alicyclic amines) is 1. The fraction of sp³-hybridized carbons (Fsp3) is 0.471. The van der Waals surface area contributed by atoms with Crippen molar-refractivity contribution in [3.63, 3.8) is 0 Å². The van der Waals surface area contributed by atoms with Crippen LogP contribution >= 0.6 is 0 Å². The predicted octanol–water partition coefficient (Wildman–Crippen LogP) is 2.14. The lowest BCUT2D eigenvalue weighted by Crippen LogP contribution is -2.41. The molecule has 6 heteroatoms. The summed E-state index contributed by atoms with van der Waals surface area (Å²) in [5.74, 6) is 0.656. The van der Waals surface area contributed by atoms with E-state index in [4.69, 9.17) is 0 Å². The highest BCUT2D eigenvalue weighted by Crippen LogP contribution is 2.16. The van der Waals surface area contributed by atoms with Crippen LogP contribution in [-0.2, 0) is 9.59 Å². The zero-order valence-electron chi connectivity index (χ0n) is 13.3. The van der Waals surface area contributed by atoms with E-state index in [9.17, 15) is 9.59 Å². The summed E-state index contributed by atoms with van der Waals surface area (Å²) in [6, 6.07) is 7.53. The highest BCUT2D eigenvalue weighted by Gasteiger charge is 2.21. The highest BCUT2D eigenvalue weighted by molar-refractivity contribution is 5.85. The Morgan fingerprint density at radius 3 is 3.00 bits per heavy atom. The van der Waals surface area contributed by atoms with E-state index in [1.165, 1.54) is 0 Å². The fourth-order valence-corrected chi connectivity index (χ4v) is 2.91. The second-order valence-corrected chi connectivity index (χ2v) is 6.05. The molecule has 2 aromatic rings. The summed E-state index contributed by atoms with van der Waals surface area (Å²) >= 11 is 0. The van der Waals surface area contributed by atoms with Crippen LogP contribution in [0.5, 0.6) is 0 Å². The molecule has 1 aromatic carbocycles. The molecule has 6 nitrogen and oxygen atoms in total. The van der Waals surface area contributed by atoms with Crippen LogP contribution in [0.3, 0.4) is 0 Å². The number of carbonyl (C=O) groups is 2. The molecule has 1 saturated heterocycles. The van der Waals surface area contributed by atoms with Crippen LogP contribution in [0.25, 0.3) is 11.0 Å². The summed E-state index contributed by atoms with van der Waals surface area (Å²) in [5.41, 5.74) is 1.83. The molecule has 0 spiro atoms. The first-order valence-electron chi connectivity index (χ1n) is 8.15. The summed E-state index contributed by atoms with van der Waals surface area (Å²) in [7, 11) is 0. The Morgan fingerprint density at radius 2 is 2.17 bits per heavy atom. The van der Waals surface area contributed by atoms with Gasteiger partial charge in [-0.1, -0.05) is 18.6 Å². The number of rotatable bonds is 4. The molecule has 2 N–H and O–H groups in total. The van der Waals surface area contributed by atoms with Gasteiger partial charge in [0.1, 0.15) is 5.82 Å². The molecular weight excluding hydrogens is 292 g/mol. The summed E-state index contributed by atoms with van der Waals surface area (Å²) in [6.07, 6.45) is 3.50. The molecule has 2 heterocycles. The number of carbonyl (C=O) groups excluding carboxylic acids is 2. The summed E-state index contributed by atoms with van der Waals surface area (Å²) in [5, 5.41) is 2.92. The normalized spacial score (nSPS) is 17.1. The quantitative estimate of drug-likeness (QED) is 0.907. The molecule has 3 rings (SSSR count). The molecule has 23 heavy (non-hydrogen) atoms. The number of hydrogen-bond acceptors (Lipinski definition) is 3. The number of para-hydroxylation sites is 2. The minimum atomic E-state index is -0.225. The lowest BCUT2D eigenvalue weighted by atomic mass is 10.2. The van der Waals surface area contributed by atoms with E-state index in [2.05, 4.69) is 15.3 Å². The van der Waals surface area contributed by atoms with Gasteiger partial charge in [0.25, 0.3) is 0 Å². The van der Waals surface area contributed by atoms with Gasteiger partial charge in [-0.25, -0.2) is 4.98 Å². The summed E-state index contributed by atoms with van der Waals surface area (Å²) < 4.78 is 0. The van der Waals surface area contributed by atoms with Gasteiger partial charge >= 0.3 is 0 Å². The number of aromatic amines is 1. The molecule has 0 bridgehead atoms. The van der Waals surface area contributed by atoms with Gasteiger partial charge in [-0.15, -0.1) is 0 Å². The van der Waals surface area contributed by atoms with E-state index >= 15 is 0 Å². The number of nitrogens with one attached hydrogen (secondary N) is 2. The number of hydrogen-bond donors (Lipinski definition) is 2. The molecule has 1 fully saturated rings. The first kappa shape index (κ1) is 15.5. The van der Waals surface area contributed by atoms with Gasteiger partial charge in [0, 0.05) is 13.0 Å². The van der Waals surface area contributed by atoms with Crippen molar-refractivity contribution in [2.24, 2.45) is 0 Å². The van der Waals surface area contributed by atoms with Crippen molar-refractivity contribution in [3.05, 3.63) is 30.1 Å². The van der Waals surface area contributed by atoms with Crippen LogP contribution in [0.4, 0.5) is 0 Å². The van der Waals surface area contributed by atoms with E-state index in [1.807, 2.05) is 31.2 Å². The van der Waals surface area contributed by atoms with Gasteiger partial charge in [0.05, 0.1) is 23.6 Å². The number of amides is 2. The monoisotopic (exact) mass is 314 g/mol. The largest absolute Gasteiger partial charge is 0.345 e. The van der Waals surface area contributed by atoms with Crippen LogP contribution in [-0.4, -0.2) is 39.8 Å². The van der Waals surface area contributed by atoms with Crippen LogP contribution in [0.2, 0.25) is 0 Å². The molecule has 2 amide bonds. The number of nitrogens with zero attached hydrogens (tertiary/aromatic N) is 2. The summed E-state index contributed by atoms with van der Waals surface area (Å²) in [6.45, 7) is 2.69. The third-order valence-corrected chi connectivity index (χ3v) is 4.20. The molecule has 1 atom stereocenters. The van der Waals surface area contributed by atoms with Gasteiger partial charge in [0.15, 0.2) is 0 Å². The lowest BCUT2D eigenvalue weighted by Gasteiger charge is -2.21. The standard InChI is InChI=1S/C17H22N4O2/c1-12(17-19-13-7-4-5-8-14(13)20-17)18-15(22)11-21-10-6-2-3-9-16(21)23/h4-5,7-8,12H,2-3,6,9-11H2,1H3,(H,18,22)(H,19,20). The average Bonchev–Trinajstić information content (AvgIpc) is 2.87. The molecule has 1 unspecified atom stereocenters. The second kappa shape index (κ2) is 6.81. The van der Waals surface area contributed by atoms with Gasteiger partial charge in [-0.3, -0.25) is 9.59 Å². The number of H-pyrrole nitrogens is 1. The molecular formula is C17H22N4O2. The Morgan fingerprint density at radius 1 is 1.35 bits per heavy atom. The van der Waals surface area contributed by atoms with Crippen LogP contribution < -0.4 is 5.32 Å².